The minimum Gasteiger partial charge on any atom is -0.485 e. The second-order valence-electron chi connectivity index (χ2n) is 7.73. The van der Waals surface area contributed by atoms with Crippen molar-refractivity contribution in [2.45, 2.75) is 12.6 Å². The molecule has 9 heteroatoms. The first-order valence-electron chi connectivity index (χ1n) is 9.99. The quantitative estimate of drug-likeness (QED) is 0.522. The van der Waals surface area contributed by atoms with Gasteiger partial charge in [-0.3, -0.25) is 0 Å². The first kappa shape index (κ1) is 21.3. The molecule has 0 radical (unpaired) electrons. The van der Waals surface area contributed by atoms with Gasteiger partial charge in [0.2, 0.25) is 6.79 Å². The number of aliphatic hydroxyl groups is 1. The molecular weight excluding hydrogens is 462 g/mol. The first-order chi connectivity index (χ1) is 14.5. The molecule has 0 aromatic heterocycles. The summed E-state index contributed by atoms with van der Waals surface area (Å²) in [7, 11) is 0. The molecule has 2 aliphatic rings. The third-order valence-electron chi connectivity index (χ3n) is 5.46. The summed E-state index contributed by atoms with van der Waals surface area (Å²) in [6, 6.07) is 8.33. The van der Waals surface area contributed by atoms with E-state index in [9.17, 15) is 13.9 Å². The zero-order chi connectivity index (χ0) is 21.1. The van der Waals surface area contributed by atoms with E-state index >= 15 is 0 Å². The average molecular weight is 487 g/mol. The van der Waals surface area contributed by atoms with Crippen LogP contribution >= 0.6 is 15.9 Å². The number of piperazine rings is 1. The lowest BCUT2D eigenvalue weighted by molar-refractivity contribution is -1.02. The van der Waals surface area contributed by atoms with E-state index in [1.165, 1.54) is 15.4 Å². The number of rotatable bonds is 7. The minimum atomic E-state index is -0.794. The van der Waals surface area contributed by atoms with Crippen LogP contribution in [-0.4, -0.2) is 57.3 Å². The Hall–Kier alpha value is -1.94. The van der Waals surface area contributed by atoms with E-state index in [-0.39, 0.29) is 13.4 Å². The van der Waals surface area contributed by atoms with Crippen LogP contribution in [0.3, 0.4) is 0 Å². The van der Waals surface area contributed by atoms with Crippen molar-refractivity contribution in [3.63, 3.8) is 0 Å². The zero-order valence-electron chi connectivity index (χ0n) is 16.4. The van der Waals surface area contributed by atoms with Crippen molar-refractivity contribution in [2.75, 3.05) is 46.1 Å². The fourth-order valence-electron chi connectivity index (χ4n) is 3.92. The third-order valence-corrected chi connectivity index (χ3v) is 5.92. The Kier molecular flexibility index (Phi) is 6.72. The average Bonchev–Trinajstić information content (AvgIpc) is 3.16. The first-order valence-corrected chi connectivity index (χ1v) is 10.8. The largest absolute Gasteiger partial charge is 0.485 e. The fourth-order valence-corrected chi connectivity index (χ4v) is 4.32. The van der Waals surface area contributed by atoms with Gasteiger partial charge in [-0.25, -0.2) is 8.78 Å². The summed E-state index contributed by atoms with van der Waals surface area (Å²) < 4.78 is 43.9. The van der Waals surface area contributed by atoms with Crippen LogP contribution in [0.4, 0.5) is 8.78 Å². The van der Waals surface area contributed by atoms with Gasteiger partial charge in [0.1, 0.15) is 52.0 Å². The van der Waals surface area contributed by atoms with Crippen LogP contribution in [0.1, 0.15) is 5.56 Å². The lowest BCUT2D eigenvalue weighted by Gasteiger charge is -2.30. The van der Waals surface area contributed by atoms with Crippen LogP contribution in [0.5, 0.6) is 17.2 Å². The van der Waals surface area contributed by atoms with Crippen LogP contribution < -0.4 is 24.0 Å². The summed E-state index contributed by atoms with van der Waals surface area (Å²) in [4.78, 5) is 2.74. The highest BCUT2D eigenvalue weighted by Gasteiger charge is 2.26. The molecule has 3 N–H and O–H groups in total. The number of fused-ring (bicyclic) bond motifs is 1. The van der Waals surface area contributed by atoms with Crippen LogP contribution in [0, 0.1) is 11.6 Å². The number of hydrogen-bond acceptors (Lipinski definition) is 4. The maximum atomic E-state index is 13.8. The van der Waals surface area contributed by atoms with E-state index in [0.29, 0.717) is 11.0 Å². The Balaban J connectivity index is 1.21. The van der Waals surface area contributed by atoms with Crippen molar-refractivity contribution in [2.24, 2.45) is 0 Å². The van der Waals surface area contributed by atoms with Crippen molar-refractivity contribution >= 4 is 15.9 Å². The molecular formula is C21H25BrF2N2O4+2. The predicted molar refractivity (Wildman–Crippen MR) is 108 cm³/mol. The van der Waals surface area contributed by atoms with E-state index in [1.54, 1.807) is 0 Å². The molecule has 0 bridgehead atoms. The van der Waals surface area contributed by atoms with Crippen molar-refractivity contribution in [3.05, 3.63) is 52.0 Å². The van der Waals surface area contributed by atoms with Gasteiger partial charge in [-0.2, -0.15) is 0 Å². The Morgan fingerprint density at radius 2 is 1.67 bits per heavy atom. The molecule has 2 heterocycles. The second kappa shape index (κ2) is 9.47. The molecule has 4 rings (SSSR count). The van der Waals surface area contributed by atoms with Gasteiger partial charge in [0.25, 0.3) is 0 Å². The summed E-state index contributed by atoms with van der Waals surface area (Å²) in [5.41, 5.74) is 1.21. The van der Waals surface area contributed by atoms with Gasteiger partial charge in [0, 0.05) is 10.0 Å². The van der Waals surface area contributed by atoms with E-state index in [0.717, 1.165) is 56.4 Å². The number of nitrogens with one attached hydrogen (secondary N) is 2. The number of aliphatic hydroxyl groups excluding tert-OH is 1. The Morgan fingerprint density at radius 3 is 2.40 bits per heavy atom. The summed E-state index contributed by atoms with van der Waals surface area (Å²) in [6.45, 7) is 5.32. The number of quaternary nitrogens is 2. The highest BCUT2D eigenvalue weighted by atomic mass is 79.9. The molecule has 6 nitrogen and oxygen atoms in total. The van der Waals surface area contributed by atoms with E-state index < -0.39 is 23.5 Å². The molecule has 2 aliphatic heterocycles. The van der Waals surface area contributed by atoms with Gasteiger partial charge in [-0.1, -0.05) is 15.9 Å². The smallest absolute Gasteiger partial charge is 0.231 e. The van der Waals surface area contributed by atoms with Gasteiger partial charge in [-0.05, 0) is 30.3 Å². The lowest BCUT2D eigenvalue weighted by atomic mass is 10.1. The number of hydrogen-bond donors (Lipinski definition) is 3. The highest BCUT2D eigenvalue weighted by Crippen LogP contribution is 2.32. The van der Waals surface area contributed by atoms with Gasteiger partial charge >= 0.3 is 0 Å². The van der Waals surface area contributed by atoms with E-state index in [4.69, 9.17) is 14.2 Å². The fraction of sp³-hybridized carbons (Fsp3) is 0.429. The molecule has 1 atom stereocenters. The lowest BCUT2D eigenvalue weighted by Crippen LogP contribution is -3.28. The van der Waals surface area contributed by atoms with Gasteiger partial charge in [0.05, 0.1) is 0 Å². The standard InChI is InChI=1S/C21H23BrF2N2O4/c22-15-8-17(23)21(18(24)9-15)28-12-16(27)11-26-5-3-25(4-6-26)10-14-1-2-19-20(7-14)30-13-29-19/h1-2,7-9,16,27H,3-6,10-13H2/p+2/t16-/m0/s1. The monoisotopic (exact) mass is 486 g/mol. The Labute approximate surface area is 182 Å². The van der Waals surface area contributed by atoms with Crippen LogP contribution in [0.2, 0.25) is 0 Å². The van der Waals surface area contributed by atoms with Crippen molar-refractivity contribution < 1.29 is 37.9 Å². The van der Waals surface area contributed by atoms with Crippen molar-refractivity contribution in [1.82, 2.24) is 0 Å². The number of benzene rings is 2. The molecule has 2 aromatic rings. The topological polar surface area (TPSA) is 56.8 Å². The third kappa shape index (κ3) is 5.21. The molecule has 0 aliphatic carbocycles. The number of halogens is 3. The van der Waals surface area contributed by atoms with Gasteiger partial charge < -0.3 is 29.1 Å². The second-order valence-corrected chi connectivity index (χ2v) is 8.65. The molecule has 0 spiro atoms. The molecule has 2 aromatic carbocycles. The Morgan fingerprint density at radius 1 is 1.00 bits per heavy atom. The summed E-state index contributed by atoms with van der Waals surface area (Å²) in [5.74, 6) is -0.436. The van der Waals surface area contributed by atoms with E-state index in [2.05, 4.69) is 22.0 Å². The molecule has 30 heavy (non-hydrogen) atoms. The Bertz CT molecular complexity index is 870. The number of ether oxygens (including phenoxy) is 3. The minimum absolute atomic E-state index is 0.146. The summed E-state index contributed by atoms with van der Waals surface area (Å²) in [6.07, 6.45) is -0.794. The van der Waals surface area contributed by atoms with Crippen molar-refractivity contribution in [1.29, 1.82) is 0 Å². The van der Waals surface area contributed by atoms with Gasteiger partial charge in [0.15, 0.2) is 28.9 Å². The highest BCUT2D eigenvalue weighted by molar-refractivity contribution is 9.10. The summed E-state index contributed by atoms with van der Waals surface area (Å²) in [5, 5.41) is 10.3. The van der Waals surface area contributed by atoms with Crippen LogP contribution in [-0.2, 0) is 6.54 Å². The maximum absolute atomic E-state index is 13.8. The van der Waals surface area contributed by atoms with Crippen LogP contribution in [0.15, 0.2) is 34.8 Å². The molecule has 1 saturated heterocycles. The van der Waals surface area contributed by atoms with Gasteiger partial charge in [-0.15, -0.1) is 0 Å². The SMILES string of the molecule is O[C@H](COc1c(F)cc(Br)cc1F)C[NH+]1CC[NH+](Cc2ccc3c(c2)OCO3)CC1. The molecule has 1 fully saturated rings. The molecule has 0 saturated carbocycles. The van der Waals surface area contributed by atoms with Crippen LogP contribution in [0.25, 0.3) is 0 Å². The zero-order valence-corrected chi connectivity index (χ0v) is 18.0. The summed E-state index contributed by atoms with van der Waals surface area (Å²) >= 11 is 3.03. The van der Waals surface area contributed by atoms with Crippen molar-refractivity contribution in [3.8, 4) is 17.2 Å². The molecule has 0 amide bonds. The van der Waals surface area contributed by atoms with E-state index in [1.807, 2.05) is 12.1 Å². The molecule has 162 valence electrons. The maximum Gasteiger partial charge on any atom is 0.231 e. The normalized spacial score (nSPS) is 21.5. The predicted octanol–water partition coefficient (Wildman–Crippen LogP) is 0.179. The molecule has 0 unspecified atom stereocenters.